The number of pyridine rings is 1. The Bertz CT molecular complexity index is 1500. The number of anilines is 1. The van der Waals surface area contributed by atoms with E-state index in [1.165, 1.54) is 36.1 Å². The number of aromatic amines is 1. The molecule has 2 aromatic heterocycles. The Morgan fingerprint density at radius 2 is 1.76 bits per heavy atom. The van der Waals surface area contributed by atoms with Gasteiger partial charge in [0.2, 0.25) is 5.88 Å². The SMILES string of the molecule is CCCCOc1cc2c([nH]c(=O)c(=O)n2Cc2ccc(-c3cccc(CN4CCCC4)c3)cc2)c(N)n1. The molecule has 0 atom stereocenters. The molecule has 192 valence electrons. The fraction of sp³-hybridized carbons (Fsp3) is 0.345. The summed E-state index contributed by atoms with van der Waals surface area (Å²) >= 11 is 0. The number of aromatic nitrogens is 3. The van der Waals surface area contributed by atoms with Gasteiger partial charge < -0.3 is 15.5 Å². The minimum absolute atomic E-state index is 0.124. The van der Waals surface area contributed by atoms with Gasteiger partial charge in [-0.05, 0) is 60.7 Å². The largest absolute Gasteiger partial charge is 0.478 e. The van der Waals surface area contributed by atoms with E-state index < -0.39 is 11.1 Å². The number of nitrogens with zero attached hydrogens (tertiary/aromatic N) is 3. The highest BCUT2D eigenvalue weighted by atomic mass is 16.5. The van der Waals surface area contributed by atoms with Crippen LogP contribution in [0, 0.1) is 0 Å². The molecule has 0 unspecified atom stereocenters. The van der Waals surface area contributed by atoms with Crippen LogP contribution in [0.1, 0.15) is 43.7 Å². The van der Waals surface area contributed by atoms with Gasteiger partial charge in [0.15, 0.2) is 5.82 Å². The van der Waals surface area contributed by atoms with Crippen LogP contribution in [0.15, 0.2) is 64.2 Å². The molecule has 0 amide bonds. The van der Waals surface area contributed by atoms with Gasteiger partial charge in [-0.25, -0.2) is 0 Å². The molecule has 0 saturated carbocycles. The van der Waals surface area contributed by atoms with Crippen molar-refractivity contribution < 1.29 is 4.74 Å². The van der Waals surface area contributed by atoms with Crippen LogP contribution in [0.5, 0.6) is 5.88 Å². The molecule has 4 aromatic rings. The van der Waals surface area contributed by atoms with Gasteiger partial charge in [0.25, 0.3) is 0 Å². The number of hydrogen-bond donors (Lipinski definition) is 2. The molecular formula is C29H33N5O3. The molecule has 1 fully saturated rings. The molecule has 37 heavy (non-hydrogen) atoms. The molecule has 0 radical (unpaired) electrons. The lowest BCUT2D eigenvalue weighted by molar-refractivity contribution is 0.298. The van der Waals surface area contributed by atoms with Crippen molar-refractivity contribution in [1.29, 1.82) is 0 Å². The number of benzene rings is 2. The first kappa shape index (κ1) is 24.8. The summed E-state index contributed by atoms with van der Waals surface area (Å²) in [5, 5.41) is 0. The summed E-state index contributed by atoms with van der Waals surface area (Å²) in [6.45, 7) is 6.12. The van der Waals surface area contributed by atoms with Gasteiger partial charge in [-0.15, -0.1) is 0 Å². The molecule has 1 saturated heterocycles. The summed E-state index contributed by atoms with van der Waals surface area (Å²) in [7, 11) is 0. The Morgan fingerprint density at radius 1 is 0.973 bits per heavy atom. The highest BCUT2D eigenvalue weighted by molar-refractivity contribution is 5.85. The van der Waals surface area contributed by atoms with Crippen LogP contribution in [0.3, 0.4) is 0 Å². The summed E-state index contributed by atoms with van der Waals surface area (Å²) in [6, 6.07) is 18.4. The topological polar surface area (TPSA) is 106 Å². The minimum atomic E-state index is -0.730. The third-order valence-corrected chi connectivity index (χ3v) is 6.88. The van der Waals surface area contributed by atoms with Gasteiger partial charge in [-0.1, -0.05) is 55.8 Å². The van der Waals surface area contributed by atoms with Crippen LogP contribution in [0.4, 0.5) is 5.82 Å². The zero-order chi connectivity index (χ0) is 25.8. The summed E-state index contributed by atoms with van der Waals surface area (Å²) in [4.78, 5) is 34.5. The zero-order valence-corrected chi connectivity index (χ0v) is 21.2. The maximum Gasteiger partial charge on any atom is 0.317 e. The van der Waals surface area contributed by atoms with Crippen LogP contribution in [-0.2, 0) is 13.1 Å². The lowest BCUT2D eigenvalue weighted by Gasteiger charge is -2.15. The van der Waals surface area contributed by atoms with Crippen molar-refractivity contribution in [2.24, 2.45) is 0 Å². The van der Waals surface area contributed by atoms with Crippen molar-refractivity contribution in [3.05, 3.63) is 86.4 Å². The fourth-order valence-electron chi connectivity index (χ4n) is 4.85. The third-order valence-electron chi connectivity index (χ3n) is 6.88. The molecule has 0 aliphatic carbocycles. The van der Waals surface area contributed by atoms with Crippen LogP contribution >= 0.6 is 0 Å². The second-order valence-electron chi connectivity index (χ2n) is 9.67. The molecule has 5 rings (SSSR count). The van der Waals surface area contributed by atoms with Crippen molar-refractivity contribution in [3.63, 3.8) is 0 Å². The fourth-order valence-corrected chi connectivity index (χ4v) is 4.85. The molecule has 1 aliphatic rings. The van der Waals surface area contributed by atoms with E-state index in [0.717, 1.165) is 36.1 Å². The minimum Gasteiger partial charge on any atom is -0.478 e. The van der Waals surface area contributed by atoms with Crippen LogP contribution in [0.2, 0.25) is 0 Å². The van der Waals surface area contributed by atoms with E-state index in [1.807, 2.05) is 12.1 Å². The highest BCUT2D eigenvalue weighted by Crippen LogP contribution is 2.24. The first-order valence-electron chi connectivity index (χ1n) is 13.0. The first-order chi connectivity index (χ1) is 18.0. The molecule has 0 bridgehead atoms. The predicted molar refractivity (Wildman–Crippen MR) is 147 cm³/mol. The Morgan fingerprint density at radius 3 is 2.51 bits per heavy atom. The zero-order valence-electron chi connectivity index (χ0n) is 21.2. The maximum atomic E-state index is 12.9. The van der Waals surface area contributed by atoms with Gasteiger partial charge in [0.05, 0.1) is 18.7 Å². The summed E-state index contributed by atoms with van der Waals surface area (Å²) in [5.74, 6) is 0.460. The molecule has 8 heteroatoms. The molecule has 8 nitrogen and oxygen atoms in total. The number of likely N-dealkylation sites (tertiary alicyclic amines) is 1. The number of unbranched alkanes of at least 4 members (excludes halogenated alkanes) is 1. The Balaban J connectivity index is 1.41. The summed E-state index contributed by atoms with van der Waals surface area (Å²) < 4.78 is 7.16. The third kappa shape index (κ3) is 5.59. The molecule has 3 heterocycles. The van der Waals surface area contributed by atoms with Crippen LogP contribution < -0.4 is 21.6 Å². The van der Waals surface area contributed by atoms with E-state index in [4.69, 9.17) is 10.5 Å². The maximum absolute atomic E-state index is 12.9. The normalized spacial score (nSPS) is 13.9. The molecule has 2 aromatic carbocycles. The smallest absolute Gasteiger partial charge is 0.317 e. The van der Waals surface area contributed by atoms with E-state index >= 15 is 0 Å². The van der Waals surface area contributed by atoms with E-state index in [2.05, 4.69) is 58.2 Å². The first-order valence-corrected chi connectivity index (χ1v) is 13.0. The molecule has 3 N–H and O–H groups in total. The predicted octanol–water partition coefficient (Wildman–Crippen LogP) is 4.16. The van der Waals surface area contributed by atoms with Gasteiger partial charge in [0, 0.05) is 12.6 Å². The average molecular weight is 500 g/mol. The quantitative estimate of drug-likeness (QED) is 0.265. The number of ether oxygens (including phenoxy) is 1. The number of nitrogens with one attached hydrogen (secondary N) is 1. The number of H-pyrrole nitrogens is 1. The van der Waals surface area contributed by atoms with Gasteiger partial charge in [-0.3, -0.25) is 19.1 Å². The van der Waals surface area contributed by atoms with Gasteiger partial charge in [-0.2, -0.15) is 4.98 Å². The number of hydrogen-bond acceptors (Lipinski definition) is 6. The van der Waals surface area contributed by atoms with Crippen molar-refractivity contribution in [2.45, 2.75) is 45.7 Å². The van der Waals surface area contributed by atoms with E-state index in [-0.39, 0.29) is 12.4 Å². The van der Waals surface area contributed by atoms with E-state index in [1.54, 1.807) is 6.07 Å². The summed E-state index contributed by atoms with van der Waals surface area (Å²) in [6.07, 6.45) is 4.43. The number of fused-ring (bicyclic) bond motifs is 1. The van der Waals surface area contributed by atoms with E-state index in [9.17, 15) is 9.59 Å². The van der Waals surface area contributed by atoms with Crippen LogP contribution in [-0.4, -0.2) is 39.1 Å². The molecular weight excluding hydrogens is 466 g/mol. The Labute approximate surface area is 215 Å². The van der Waals surface area contributed by atoms with Gasteiger partial charge >= 0.3 is 11.1 Å². The average Bonchev–Trinajstić information content (AvgIpc) is 3.41. The number of nitrogen functional groups attached to an aromatic ring is 1. The number of rotatable bonds is 9. The van der Waals surface area contributed by atoms with Gasteiger partial charge in [0.1, 0.15) is 5.52 Å². The molecule has 1 aliphatic heterocycles. The second-order valence-corrected chi connectivity index (χ2v) is 9.67. The standard InChI is InChI=1S/C29H33N5O3/c1-2-3-15-37-25-17-24-26(27(30)31-25)32-28(35)29(36)34(24)19-20-9-11-22(12-10-20)23-8-6-7-21(16-23)18-33-13-4-5-14-33/h6-12,16-17H,2-5,13-15,18-19H2,1H3,(H2,30,31)(H,32,35). The van der Waals surface area contributed by atoms with E-state index in [0.29, 0.717) is 23.5 Å². The Hall–Kier alpha value is -3.91. The Kier molecular flexibility index (Phi) is 7.37. The highest BCUT2D eigenvalue weighted by Gasteiger charge is 2.15. The summed E-state index contributed by atoms with van der Waals surface area (Å²) in [5.41, 5.74) is 10.0. The second kappa shape index (κ2) is 11.0. The van der Waals surface area contributed by atoms with Crippen molar-refractivity contribution in [1.82, 2.24) is 19.4 Å². The lowest BCUT2D eigenvalue weighted by atomic mass is 10.0. The van der Waals surface area contributed by atoms with Crippen LogP contribution in [0.25, 0.3) is 22.2 Å². The number of nitrogens with two attached hydrogens (primary N) is 1. The van der Waals surface area contributed by atoms with Crippen molar-refractivity contribution >= 4 is 16.9 Å². The molecule has 0 spiro atoms. The van der Waals surface area contributed by atoms with Crippen molar-refractivity contribution in [2.75, 3.05) is 25.4 Å². The lowest BCUT2D eigenvalue weighted by Crippen LogP contribution is -2.36. The monoisotopic (exact) mass is 499 g/mol. The van der Waals surface area contributed by atoms with Crippen molar-refractivity contribution in [3.8, 4) is 17.0 Å².